The second-order valence-electron chi connectivity index (χ2n) is 2.85. The van der Waals surface area contributed by atoms with Gasteiger partial charge in [-0.1, -0.05) is 11.6 Å². The van der Waals surface area contributed by atoms with Gasteiger partial charge >= 0.3 is 0 Å². The van der Waals surface area contributed by atoms with Crippen LogP contribution in [0.5, 0.6) is 5.75 Å². The van der Waals surface area contributed by atoms with Crippen LogP contribution >= 0.6 is 11.6 Å². The molecular weight excluding hydrogens is 218 g/mol. The van der Waals surface area contributed by atoms with Crippen LogP contribution in [-0.4, -0.2) is 26.2 Å². The van der Waals surface area contributed by atoms with E-state index >= 15 is 0 Å². The number of rotatable bonds is 5. The van der Waals surface area contributed by atoms with E-state index in [0.717, 1.165) is 0 Å². The Labute approximate surface area is 92.9 Å². The van der Waals surface area contributed by atoms with E-state index in [0.29, 0.717) is 29.5 Å². The SMILES string of the molecule is COCCOc1cc(Cl)ccc1C(N)=O. The number of nitrogens with two attached hydrogens (primary N) is 1. The van der Waals surface area contributed by atoms with Gasteiger partial charge in [-0.15, -0.1) is 0 Å². The van der Waals surface area contributed by atoms with Crippen LogP contribution in [0.1, 0.15) is 10.4 Å². The van der Waals surface area contributed by atoms with Crippen molar-refractivity contribution < 1.29 is 14.3 Å². The van der Waals surface area contributed by atoms with E-state index in [4.69, 9.17) is 26.8 Å². The molecule has 0 aliphatic rings. The van der Waals surface area contributed by atoms with Gasteiger partial charge < -0.3 is 15.2 Å². The van der Waals surface area contributed by atoms with Gasteiger partial charge in [0.05, 0.1) is 12.2 Å². The molecule has 4 nitrogen and oxygen atoms in total. The van der Waals surface area contributed by atoms with Gasteiger partial charge in [-0.05, 0) is 18.2 Å². The predicted molar refractivity (Wildman–Crippen MR) is 57.3 cm³/mol. The number of hydrogen-bond acceptors (Lipinski definition) is 3. The molecule has 0 saturated heterocycles. The van der Waals surface area contributed by atoms with Gasteiger partial charge in [0.15, 0.2) is 0 Å². The van der Waals surface area contributed by atoms with Crippen LogP contribution in [0.2, 0.25) is 5.02 Å². The highest BCUT2D eigenvalue weighted by Gasteiger charge is 2.09. The van der Waals surface area contributed by atoms with E-state index in [1.165, 1.54) is 6.07 Å². The smallest absolute Gasteiger partial charge is 0.252 e. The average molecular weight is 230 g/mol. The fraction of sp³-hybridized carbons (Fsp3) is 0.300. The minimum atomic E-state index is -0.543. The summed E-state index contributed by atoms with van der Waals surface area (Å²) in [4.78, 5) is 11.0. The number of amides is 1. The molecule has 82 valence electrons. The highest BCUT2D eigenvalue weighted by molar-refractivity contribution is 6.30. The lowest BCUT2D eigenvalue weighted by Gasteiger charge is -2.09. The van der Waals surface area contributed by atoms with Gasteiger partial charge in [0, 0.05) is 12.1 Å². The zero-order valence-electron chi connectivity index (χ0n) is 8.33. The number of primary amides is 1. The third kappa shape index (κ3) is 3.42. The van der Waals surface area contributed by atoms with Gasteiger partial charge in [0.25, 0.3) is 5.91 Å². The van der Waals surface area contributed by atoms with Gasteiger partial charge in [0.1, 0.15) is 12.4 Å². The first-order chi connectivity index (χ1) is 7.15. The molecule has 1 amide bonds. The fourth-order valence-electron chi connectivity index (χ4n) is 1.05. The molecule has 2 N–H and O–H groups in total. The lowest BCUT2D eigenvalue weighted by Crippen LogP contribution is -2.14. The van der Waals surface area contributed by atoms with Crippen LogP contribution in [0.3, 0.4) is 0 Å². The van der Waals surface area contributed by atoms with E-state index in [9.17, 15) is 4.79 Å². The Morgan fingerprint density at radius 3 is 2.80 bits per heavy atom. The number of benzene rings is 1. The summed E-state index contributed by atoms with van der Waals surface area (Å²) < 4.78 is 10.1. The monoisotopic (exact) mass is 229 g/mol. The van der Waals surface area contributed by atoms with Crippen molar-refractivity contribution in [3.63, 3.8) is 0 Å². The molecular formula is C10H12ClNO3. The van der Waals surface area contributed by atoms with Gasteiger partial charge in [0.2, 0.25) is 0 Å². The van der Waals surface area contributed by atoms with Gasteiger partial charge in [-0.2, -0.15) is 0 Å². The average Bonchev–Trinajstić information content (AvgIpc) is 2.18. The van der Waals surface area contributed by atoms with Crippen molar-refractivity contribution in [2.75, 3.05) is 20.3 Å². The maximum atomic E-state index is 11.0. The molecule has 0 radical (unpaired) electrons. The van der Waals surface area contributed by atoms with E-state index in [2.05, 4.69) is 0 Å². The zero-order chi connectivity index (χ0) is 11.3. The normalized spacial score (nSPS) is 10.0. The van der Waals surface area contributed by atoms with Gasteiger partial charge in [-0.3, -0.25) is 4.79 Å². The van der Waals surface area contributed by atoms with E-state index in [1.807, 2.05) is 0 Å². The Balaban J connectivity index is 2.82. The standard InChI is InChI=1S/C10H12ClNO3/c1-14-4-5-15-9-6-7(11)2-3-8(9)10(12)13/h2-3,6H,4-5H2,1H3,(H2,12,13). The minimum absolute atomic E-state index is 0.315. The summed E-state index contributed by atoms with van der Waals surface area (Å²) in [6, 6.07) is 4.68. The topological polar surface area (TPSA) is 61.6 Å². The molecule has 0 unspecified atom stereocenters. The molecule has 0 heterocycles. The Hall–Kier alpha value is -1.26. The maximum absolute atomic E-state index is 11.0. The molecule has 0 aromatic heterocycles. The lowest BCUT2D eigenvalue weighted by molar-refractivity contribution is 0.0992. The third-order valence-corrected chi connectivity index (χ3v) is 1.99. The number of halogens is 1. The molecule has 1 aromatic rings. The molecule has 5 heteroatoms. The van der Waals surface area contributed by atoms with Gasteiger partial charge in [-0.25, -0.2) is 0 Å². The molecule has 0 aliphatic heterocycles. The summed E-state index contributed by atoms with van der Waals surface area (Å²) in [5.41, 5.74) is 5.49. The highest BCUT2D eigenvalue weighted by Crippen LogP contribution is 2.22. The Morgan fingerprint density at radius 2 is 2.20 bits per heavy atom. The number of carbonyl (C=O) groups excluding carboxylic acids is 1. The molecule has 15 heavy (non-hydrogen) atoms. The summed E-state index contributed by atoms with van der Waals surface area (Å²) in [6.45, 7) is 0.780. The minimum Gasteiger partial charge on any atom is -0.490 e. The number of ether oxygens (including phenoxy) is 2. The fourth-order valence-corrected chi connectivity index (χ4v) is 1.22. The number of methoxy groups -OCH3 is 1. The van der Waals surface area contributed by atoms with Crippen LogP contribution in [-0.2, 0) is 4.74 Å². The van der Waals surface area contributed by atoms with E-state index < -0.39 is 5.91 Å². The lowest BCUT2D eigenvalue weighted by atomic mass is 10.2. The summed E-state index contributed by atoms with van der Waals surface area (Å²) in [7, 11) is 1.57. The molecule has 0 aliphatic carbocycles. The number of carbonyl (C=O) groups is 1. The second-order valence-corrected chi connectivity index (χ2v) is 3.28. The van der Waals surface area contributed by atoms with E-state index in [1.54, 1.807) is 19.2 Å². The predicted octanol–water partition coefficient (Wildman–Crippen LogP) is 1.46. The van der Waals surface area contributed by atoms with Crippen molar-refractivity contribution in [2.45, 2.75) is 0 Å². The van der Waals surface area contributed by atoms with Crippen molar-refractivity contribution >= 4 is 17.5 Å². The van der Waals surface area contributed by atoms with Crippen molar-refractivity contribution in [3.8, 4) is 5.75 Å². The molecule has 1 aromatic carbocycles. The number of hydrogen-bond donors (Lipinski definition) is 1. The third-order valence-electron chi connectivity index (χ3n) is 1.75. The second kappa shape index (κ2) is 5.58. The first-order valence-electron chi connectivity index (χ1n) is 4.36. The van der Waals surface area contributed by atoms with Crippen LogP contribution in [0, 0.1) is 0 Å². The molecule has 0 spiro atoms. The zero-order valence-corrected chi connectivity index (χ0v) is 9.08. The highest BCUT2D eigenvalue weighted by atomic mass is 35.5. The van der Waals surface area contributed by atoms with Crippen LogP contribution in [0.25, 0.3) is 0 Å². The first-order valence-corrected chi connectivity index (χ1v) is 4.74. The summed E-state index contributed by atoms with van der Waals surface area (Å²) in [6.07, 6.45) is 0. The molecule has 1 rings (SSSR count). The van der Waals surface area contributed by atoms with Crippen molar-refractivity contribution in [1.29, 1.82) is 0 Å². The summed E-state index contributed by atoms with van der Waals surface area (Å²) >= 11 is 5.77. The Morgan fingerprint density at radius 1 is 1.47 bits per heavy atom. The Bertz CT molecular complexity index is 355. The van der Waals surface area contributed by atoms with E-state index in [-0.39, 0.29) is 0 Å². The van der Waals surface area contributed by atoms with Crippen molar-refractivity contribution in [3.05, 3.63) is 28.8 Å². The molecule has 0 bridgehead atoms. The summed E-state index contributed by atoms with van der Waals surface area (Å²) in [5, 5.41) is 0.493. The summed E-state index contributed by atoms with van der Waals surface area (Å²) in [5.74, 6) is -0.161. The first kappa shape index (κ1) is 11.8. The van der Waals surface area contributed by atoms with Crippen LogP contribution < -0.4 is 10.5 Å². The van der Waals surface area contributed by atoms with Crippen molar-refractivity contribution in [1.82, 2.24) is 0 Å². The molecule has 0 atom stereocenters. The largest absolute Gasteiger partial charge is 0.490 e. The van der Waals surface area contributed by atoms with Crippen molar-refractivity contribution in [2.24, 2.45) is 5.73 Å². The Kier molecular flexibility index (Phi) is 4.39. The maximum Gasteiger partial charge on any atom is 0.252 e. The van der Waals surface area contributed by atoms with Crippen LogP contribution in [0.15, 0.2) is 18.2 Å². The van der Waals surface area contributed by atoms with Crippen LogP contribution in [0.4, 0.5) is 0 Å². The molecule has 0 saturated carbocycles. The quantitative estimate of drug-likeness (QED) is 0.778. The molecule has 0 fully saturated rings.